The van der Waals surface area contributed by atoms with Gasteiger partial charge in [-0.15, -0.1) is 0 Å². The van der Waals surface area contributed by atoms with Gasteiger partial charge in [0.2, 0.25) is 0 Å². The molecule has 0 radical (unpaired) electrons. The van der Waals surface area contributed by atoms with Crippen molar-refractivity contribution in [3.05, 3.63) is 258 Å². The molecule has 1 heterocycles. The number of furan rings is 1. The monoisotopic (exact) mass is 861 g/mol. The molecule has 9 aromatic carbocycles. The average molecular weight is 862 g/mol. The molecular formula is C65H51NO. The van der Waals surface area contributed by atoms with E-state index in [0.29, 0.717) is 11.8 Å². The van der Waals surface area contributed by atoms with Gasteiger partial charge in [0.1, 0.15) is 11.2 Å². The Kier molecular flexibility index (Phi) is 8.72. The van der Waals surface area contributed by atoms with Crippen LogP contribution in [0.1, 0.15) is 65.5 Å². The van der Waals surface area contributed by atoms with E-state index in [1.807, 2.05) is 6.07 Å². The van der Waals surface area contributed by atoms with Gasteiger partial charge in [0.05, 0.1) is 5.41 Å². The van der Waals surface area contributed by atoms with Crippen LogP contribution in [0.25, 0.3) is 44.2 Å². The Morgan fingerprint density at radius 1 is 0.343 bits per heavy atom. The van der Waals surface area contributed by atoms with E-state index in [0.717, 1.165) is 62.0 Å². The molecule has 0 N–H and O–H groups in total. The Bertz CT molecular complexity index is 3390. The number of anilines is 3. The van der Waals surface area contributed by atoms with Crippen molar-refractivity contribution in [2.45, 2.75) is 42.9 Å². The van der Waals surface area contributed by atoms with E-state index in [2.05, 4.69) is 223 Å². The molecule has 2 nitrogen and oxygen atoms in total. The third kappa shape index (κ3) is 5.75. The first kappa shape index (κ1) is 38.8. The van der Waals surface area contributed by atoms with Gasteiger partial charge in [0.25, 0.3) is 0 Å². The average Bonchev–Trinajstić information content (AvgIpc) is 3.77. The maximum atomic E-state index is 6.35. The highest BCUT2D eigenvalue weighted by Gasteiger charge is 2.63. The summed E-state index contributed by atoms with van der Waals surface area (Å²) in [5.41, 5.74) is 18.0. The van der Waals surface area contributed by atoms with Crippen LogP contribution in [0, 0.1) is 23.7 Å². The van der Waals surface area contributed by atoms with Crippen LogP contribution in [0.3, 0.4) is 0 Å². The minimum Gasteiger partial charge on any atom is -0.456 e. The standard InChI is InChI=1S/C65H51NO/c1-4-14-45(15-5-1)46-24-29-53(30-25-46)66(54-31-26-47(27-32-54)48-28-34-57-56-20-10-13-23-62(56)67-63(57)41-48)55-33-35-60-61(42-55)64(49-16-6-2-7-17-49,50-18-8-3-9-19-50)58-21-11-12-22-59(58)65(60)51-37-43-36-44(39-51)40-52(65)38-43/h1-35,41-44,51-52H,36-40H2. The molecule has 2 heteroatoms. The summed E-state index contributed by atoms with van der Waals surface area (Å²) in [4.78, 5) is 2.49. The van der Waals surface area contributed by atoms with Crippen molar-refractivity contribution in [1.29, 1.82) is 0 Å². The van der Waals surface area contributed by atoms with Crippen LogP contribution in [-0.2, 0) is 10.8 Å². The lowest BCUT2D eigenvalue weighted by Gasteiger charge is -2.65. The maximum Gasteiger partial charge on any atom is 0.136 e. The van der Waals surface area contributed by atoms with Gasteiger partial charge in [0, 0.05) is 33.2 Å². The molecule has 4 bridgehead atoms. The summed E-state index contributed by atoms with van der Waals surface area (Å²) in [5.74, 6) is 2.98. The minimum absolute atomic E-state index is 0.0321. The largest absolute Gasteiger partial charge is 0.456 e. The lowest BCUT2D eigenvalue weighted by Crippen LogP contribution is -2.59. The van der Waals surface area contributed by atoms with Gasteiger partial charge in [-0.2, -0.15) is 0 Å². The minimum atomic E-state index is -0.535. The summed E-state index contributed by atoms with van der Waals surface area (Å²) in [6.07, 6.45) is 6.77. The molecule has 0 saturated heterocycles. The normalized spacial score (nSPS) is 21.9. The van der Waals surface area contributed by atoms with Crippen LogP contribution < -0.4 is 4.90 Å². The van der Waals surface area contributed by atoms with E-state index in [1.165, 1.54) is 65.5 Å². The second kappa shape index (κ2) is 15.1. The van der Waals surface area contributed by atoms with Crippen LogP contribution in [0.2, 0.25) is 0 Å². The molecule has 5 aliphatic rings. The van der Waals surface area contributed by atoms with E-state index in [1.54, 1.807) is 11.1 Å². The predicted octanol–water partition coefficient (Wildman–Crippen LogP) is 16.8. The first-order valence-electron chi connectivity index (χ1n) is 24.5. The maximum absolute atomic E-state index is 6.35. The Hall–Kier alpha value is -7.42. The lowest BCUT2D eigenvalue weighted by atomic mass is 9.38. The predicted molar refractivity (Wildman–Crippen MR) is 275 cm³/mol. The number of fused-ring (bicyclic) bond motifs is 5. The molecule has 1 spiro atoms. The number of nitrogens with zero attached hydrogens (tertiary/aromatic N) is 1. The summed E-state index contributed by atoms with van der Waals surface area (Å²) < 4.78 is 6.35. The first-order chi connectivity index (χ1) is 33.2. The third-order valence-corrected chi connectivity index (χ3v) is 16.8. The first-order valence-corrected chi connectivity index (χ1v) is 24.5. The van der Waals surface area contributed by atoms with E-state index in [4.69, 9.17) is 4.42 Å². The van der Waals surface area contributed by atoms with Crippen molar-refractivity contribution in [2.24, 2.45) is 23.7 Å². The SMILES string of the molecule is c1ccc(-c2ccc(N(c3ccc(-c4ccc5c(c4)oc4ccccc45)cc3)c3ccc4c(c3)C(c3ccccc3)(c3ccccc3)c3ccccc3C43C4CC5CC(C4)CC3C5)cc2)cc1. The lowest BCUT2D eigenvalue weighted by molar-refractivity contribution is -0.0440. The fourth-order valence-corrected chi connectivity index (χ4v) is 14.4. The molecule has 4 fully saturated rings. The Morgan fingerprint density at radius 2 is 0.821 bits per heavy atom. The van der Waals surface area contributed by atoms with Gasteiger partial charge < -0.3 is 9.32 Å². The zero-order chi connectivity index (χ0) is 44.1. The van der Waals surface area contributed by atoms with Gasteiger partial charge in [0.15, 0.2) is 0 Å². The summed E-state index contributed by atoms with van der Waals surface area (Å²) in [6.45, 7) is 0. The fourth-order valence-electron chi connectivity index (χ4n) is 14.4. The number of hydrogen-bond acceptors (Lipinski definition) is 2. The summed E-state index contributed by atoms with van der Waals surface area (Å²) in [5, 5.41) is 2.30. The van der Waals surface area contributed by atoms with Gasteiger partial charge in [-0.05, 0) is 166 Å². The van der Waals surface area contributed by atoms with Gasteiger partial charge >= 0.3 is 0 Å². The number of para-hydroxylation sites is 1. The zero-order valence-corrected chi connectivity index (χ0v) is 37.6. The highest BCUT2D eigenvalue weighted by atomic mass is 16.3. The van der Waals surface area contributed by atoms with Crippen LogP contribution in [-0.4, -0.2) is 0 Å². The molecule has 1 aromatic heterocycles. The summed E-state index contributed by atoms with van der Waals surface area (Å²) >= 11 is 0. The number of hydrogen-bond donors (Lipinski definition) is 0. The molecular weight excluding hydrogens is 811 g/mol. The molecule has 0 unspecified atom stereocenters. The van der Waals surface area contributed by atoms with Crippen LogP contribution in [0.5, 0.6) is 0 Å². The third-order valence-electron chi connectivity index (χ3n) is 16.8. The van der Waals surface area contributed by atoms with Crippen LogP contribution in [0.4, 0.5) is 17.1 Å². The molecule has 0 atom stereocenters. The molecule has 322 valence electrons. The molecule has 67 heavy (non-hydrogen) atoms. The second-order valence-electron chi connectivity index (χ2n) is 20.0. The van der Waals surface area contributed by atoms with Crippen molar-refractivity contribution in [1.82, 2.24) is 0 Å². The van der Waals surface area contributed by atoms with Gasteiger partial charge in [-0.25, -0.2) is 0 Å². The fraction of sp³-hybridized carbons (Fsp3) is 0.169. The van der Waals surface area contributed by atoms with E-state index in [-0.39, 0.29) is 5.41 Å². The van der Waals surface area contributed by atoms with Crippen LogP contribution >= 0.6 is 0 Å². The van der Waals surface area contributed by atoms with E-state index in [9.17, 15) is 0 Å². The smallest absolute Gasteiger partial charge is 0.136 e. The highest BCUT2D eigenvalue weighted by molar-refractivity contribution is 6.06. The zero-order valence-electron chi connectivity index (χ0n) is 37.6. The number of rotatable bonds is 7. The van der Waals surface area contributed by atoms with Gasteiger partial charge in [-0.3, -0.25) is 0 Å². The summed E-state index contributed by atoms with van der Waals surface area (Å²) in [7, 11) is 0. The highest BCUT2D eigenvalue weighted by Crippen LogP contribution is 2.70. The van der Waals surface area contributed by atoms with Crippen molar-refractivity contribution in [2.75, 3.05) is 4.90 Å². The van der Waals surface area contributed by atoms with Crippen molar-refractivity contribution in [3.8, 4) is 22.3 Å². The van der Waals surface area contributed by atoms with E-state index >= 15 is 0 Å². The van der Waals surface area contributed by atoms with Crippen molar-refractivity contribution < 1.29 is 4.42 Å². The van der Waals surface area contributed by atoms with Crippen LogP contribution in [0.15, 0.2) is 229 Å². The van der Waals surface area contributed by atoms with Crippen molar-refractivity contribution in [3.63, 3.8) is 0 Å². The quantitative estimate of drug-likeness (QED) is 0.159. The molecule has 15 rings (SSSR count). The van der Waals surface area contributed by atoms with E-state index < -0.39 is 5.41 Å². The summed E-state index contributed by atoms with van der Waals surface area (Å²) in [6, 6.07) is 84.3. The molecule has 10 aromatic rings. The van der Waals surface area contributed by atoms with Gasteiger partial charge in [-0.1, -0.05) is 170 Å². The number of benzene rings is 9. The molecule has 4 saturated carbocycles. The Balaban J connectivity index is 0.992. The Labute approximate surface area is 393 Å². The molecule has 5 aliphatic carbocycles. The molecule has 0 aliphatic heterocycles. The second-order valence-corrected chi connectivity index (χ2v) is 20.0. The topological polar surface area (TPSA) is 16.4 Å². The Morgan fingerprint density at radius 3 is 1.46 bits per heavy atom. The molecule has 0 amide bonds. The van der Waals surface area contributed by atoms with Crippen molar-refractivity contribution >= 4 is 39.0 Å².